The number of carbonyl (C=O) groups is 1. The predicted octanol–water partition coefficient (Wildman–Crippen LogP) is 4.99. The predicted molar refractivity (Wildman–Crippen MR) is 160 cm³/mol. The zero-order valence-electron chi connectivity index (χ0n) is 23.5. The van der Waals surface area contributed by atoms with Crippen molar-refractivity contribution in [3.63, 3.8) is 0 Å². The molecule has 3 aromatic rings. The van der Waals surface area contributed by atoms with Crippen LogP contribution in [0.1, 0.15) is 55.5 Å². The van der Waals surface area contributed by atoms with Crippen molar-refractivity contribution in [3.05, 3.63) is 71.7 Å². The maximum absolute atomic E-state index is 14.1. The van der Waals surface area contributed by atoms with Gasteiger partial charge in [-0.15, -0.1) is 12.4 Å². The number of halogens is 2. The van der Waals surface area contributed by atoms with E-state index in [1.807, 2.05) is 30.3 Å². The summed E-state index contributed by atoms with van der Waals surface area (Å²) in [6.45, 7) is 6.80. The average molecular weight is 584 g/mol. The van der Waals surface area contributed by atoms with E-state index in [0.717, 1.165) is 67.7 Å². The lowest BCUT2D eigenvalue weighted by molar-refractivity contribution is 0.0922. The molecule has 2 aliphatic rings. The molecule has 1 saturated heterocycles. The van der Waals surface area contributed by atoms with E-state index in [1.54, 1.807) is 12.1 Å². The number of pyridine rings is 1. The number of benzene rings is 2. The van der Waals surface area contributed by atoms with Crippen LogP contribution < -0.4 is 21.1 Å². The summed E-state index contributed by atoms with van der Waals surface area (Å²) >= 11 is 0. The van der Waals surface area contributed by atoms with Crippen LogP contribution in [0.2, 0.25) is 0 Å². The van der Waals surface area contributed by atoms with Crippen LogP contribution >= 0.6 is 12.4 Å². The zero-order chi connectivity index (χ0) is 28.2. The van der Waals surface area contributed by atoms with E-state index >= 15 is 0 Å². The Labute approximate surface area is 246 Å². The van der Waals surface area contributed by atoms with Crippen molar-refractivity contribution in [1.29, 1.82) is 0 Å². The van der Waals surface area contributed by atoms with E-state index in [-0.39, 0.29) is 41.7 Å². The summed E-state index contributed by atoms with van der Waals surface area (Å²) < 4.78 is 20.1. The average Bonchev–Trinajstić information content (AvgIpc) is 2.92. The molecule has 5 N–H and O–H groups in total. The number of hydrogen-bond donors (Lipinski definition) is 4. The van der Waals surface area contributed by atoms with Crippen molar-refractivity contribution < 1.29 is 19.0 Å². The molecule has 41 heavy (non-hydrogen) atoms. The van der Waals surface area contributed by atoms with Gasteiger partial charge in [-0.2, -0.15) is 0 Å². The van der Waals surface area contributed by atoms with Crippen molar-refractivity contribution in [2.45, 2.75) is 70.2 Å². The second-order valence-corrected chi connectivity index (χ2v) is 11.2. The van der Waals surface area contributed by atoms with Gasteiger partial charge in [0.2, 0.25) is 5.88 Å². The number of phenolic OH excluding ortho intramolecular Hbond substituents is 1. The van der Waals surface area contributed by atoms with E-state index in [0.29, 0.717) is 24.4 Å². The van der Waals surface area contributed by atoms with Gasteiger partial charge < -0.3 is 26.2 Å². The van der Waals surface area contributed by atoms with Crippen LogP contribution in [0.3, 0.4) is 0 Å². The number of hydrogen-bond acceptors (Lipinski definition) is 7. The molecule has 1 aliphatic carbocycles. The van der Waals surface area contributed by atoms with E-state index < -0.39 is 11.7 Å². The molecule has 0 bridgehead atoms. The van der Waals surface area contributed by atoms with Gasteiger partial charge in [0.1, 0.15) is 22.9 Å². The number of carbonyl (C=O) groups excluding carboxylic acids is 1. The number of nitrogens with zero attached hydrogens (tertiary/aromatic N) is 2. The van der Waals surface area contributed by atoms with Crippen LogP contribution in [-0.4, -0.2) is 58.2 Å². The number of nitrogens with one attached hydrogen (secondary N) is 2. The topological polar surface area (TPSA) is 113 Å². The van der Waals surface area contributed by atoms with Gasteiger partial charge >= 0.3 is 0 Å². The van der Waals surface area contributed by atoms with Gasteiger partial charge in [-0.25, -0.2) is 9.37 Å². The highest BCUT2D eigenvalue weighted by Crippen LogP contribution is 2.32. The second-order valence-electron chi connectivity index (χ2n) is 11.2. The van der Waals surface area contributed by atoms with Gasteiger partial charge in [-0.3, -0.25) is 9.69 Å². The first-order valence-electron chi connectivity index (χ1n) is 14.0. The number of aromatic nitrogens is 1. The molecule has 10 heteroatoms. The number of piperazine rings is 1. The van der Waals surface area contributed by atoms with Gasteiger partial charge in [0.05, 0.1) is 6.20 Å². The molecule has 220 valence electrons. The summed E-state index contributed by atoms with van der Waals surface area (Å²) in [4.78, 5) is 19.5. The molecule has 2 aromatic carbocycles. The van der Waals surface area contributed by atoms with E-state index in [4.69, 9.17) is 10.5 Å². The lowest BCUT2D eigenvalue weighted by atomic mass is 9.91. The summed E-state index contributed by atoms with van der Waals surface area (Å²) in [5.41, 5.74) is 8.69. The highest BCUT2D eigenvalue weighted by molar-refractivity contribution is 5.96. The fourth-order valence-corrected chi connectivity index (χ4v) is 5.75. The molecular weight excluding hydrogens is 545 g/mol. The van der Waals surface area contributed by atoms with Crippen LogP contribution in [0.15, 0.2) is 54.7 Å². The minimum absolute atomic E-state index is 0. The third-order valence-corrected chi connectivity index (χ3v) is 7.66. The van der Waals surface area contributed by atoms with Gasteiger partial charge in [-0.05, 0) is 81.0 Å². The zero-order valence-corrected chi connectivity index (χ0v) is 24.3. The molecule has 0 radical (unpaired) electrons. The standard InChI is InChI=1S/C31H38FN5O3.ClH/c1-19-16-37(17-20(2)35-19)18-23-12-22(6-11-29(23)38)21-4-3-5-27(13-21)40-31-28(14-24(32)15-34-31)30(39)36-26-9-7-25(33)8-10-26;/h3-6,11-15,19-20,25-26,35,38H,7-10,16-18,33H2,1-2H3,(H,36,39);1H/t19-,20+,25-,26-;. The Morgan fingerprint density at radius 3 is 2.54 bits per heavy atom. The normalized spacial score (nSPS) is 22.9. The summed E-state index contributed by atoms with van der Waals surface area (Å²) in [6.07, 6.45) is 4.30. The highest BCUT2D eigenvalue weighted by Gasteiger charge is 2.24. The van der Waals surface area contributed by atoms with Gasteiger partial charge in [-0.1, -0.05) is 18.2 Å². The van der Waals surface area contributed by atoms with Crippen molar-refractivity contribution in [1.82, 2.24) is 20.5 Å². The first-order valence-corrected chi connectivity index (χ1v) is 14.0. The number of nitrogens with two attached hydrogens (primary N) is 1. The number of amides is 1. The Bertz CT molecular complexity index is 1340. The Morgan fingerprint density at radius 2 is 1.80 bits per heavy atom. The van der Waals surface area contributed by atoms with Gasteiger partial charge in [0.15, 0.2) is 0 Å². The summed E-state index contributed by atoms with van der Waals surface area (Å²) in [5.74, 6) is -0.258. The molecule has 2 heterocycles. The molecule has 2 fully saturated rings. The van der Waals surface area contributed by atoms with E-state index in [9.17, 15) is 14.3 Å². The summed E-state index contributed by atoms with van der Waals surface area (Å²) in [7, 11) is 0. The first kappa shape index (κ1) is 30.7. The molecule has 1 saturated carbocycles. The molecule has 1 aromatic heterocycles. The molecule has 8 nitrogen and oxygen atoms in total. The molecule has 0 unspecified atom stereocenters. The molecule has 5 rings (SSSR count). The molecule has 2 atom stereocenters. The quantitative estimate of drug-likeness (QED) is 0.310. The lowest BCUT2D eigenvalue weighted by Gasteiger charge is -2.36. The maximum Gasteiger partial charge on any atom is 0.257 e. The van der Waals surface area contributed by atoms with Gasteiger partial charge in [0.25, 0.3) is 5.91 Å². The monoisotopic (exact) mass is 583 g/mol. The van der Waals surface area contributed by atoms with E-state index in [1.165, 1.54) is 0 Å². The first-order chi connectivity index (χ1) is 19.2. The van der Waals surface area contributed by atoms with Crippen molar-refractivity contribution in [2.75, 3.05) is 13.1 Å². The molecular formula is C31H39ClFN5O3. The Morgan fingerprint density at radius 1 is 1.10 bits per heavy atom. The van der Waals surface area contributed by atoms with Crippen LogP contribution in [0, 0.1) is 5.82 Å². The number of phenols is 1. The Kier molecular flexibility index (Phi) is 10.2. The highest BCUT2D eigenvalue weighted by atomic mass is 35.5. The van der Waals surface area contributed by atoms with E-state index in [2.05, 4.69) is 34.4 Å². The van der Waals surface area contributed by atoms with Crippen LogP contribution in [0.5, 0.6) is 17.4 Å². The Hall–Kier alpha value is -3.24. The fraction of sp³-hybridized carbons (Fsp3) is 0.419. The van der Waals surface area contributed by atoms with Crippen LogP contribution in [-0.2, 0) is 6.54 Å². The number of rotatable bonds is 7. The van der Waals surface area contributed by atoms with Crippen LogP contribution in [0.4, 0.5) is 4.39 Å². The van der Waals surface area contributed by atoms with Crippen LogP contribution in [0.25, 0.3) is 11.1 Å². The third kappa shape index (κ3) is 7.95. The SMILES string of the molecule is C[C@@H]1CN(Cc2cc(-c3cccc(Oc4ncc(F)cc4C(=O)N[C@H]4CC[C@H](N)CC4)c3)ccc2O)C[C@H](C)N1.Cl. The fourth-order valence-electron chi connectivity index (χ4n) is 5.75. The number of ether oxygens (including phenoxy) is 1. The van der Waals surface area contributed by atoms with Crippen molar-refractivity contribution >= 4 is 18.3 Å². The smallest absolute Gasteiger partial charge is 0.257 e. The largest absolute Gasteiger partial charge is 0.508 e. The summed E-state index contributed by atoms with van der Waals surface area (Å²) in [5, 5.41) is 17.1. The number of aromatic hydroxyl groups is 1. The minimum atomic E-state index is -0.609. The summed E-state index contributed by atoms with van der Waals surface area (Å²) in [6, 6.07) is 15.1. The van der Waals surface area contributed by atoms with Crippen molar-refractivity contribution in [3.8, 4) is 28.5 Å². The second kappa shape index (κ2) is 13.6. The van der Waals surface area contributed by atoms with Crippen molar-refractivity contribution in [2.24, 2.45) is 5.73 Å². The minimum Gasteiger partial charge on any atom is -0.508 e. The lowest BCUT2D eigenvalue weighted by Crippen LogP contribution is -2.53. The maximum atomic E-state index is 14.1. The van der Waals surface area contributed by atoms with Gasteiger partial charge in [0, 0.05) is 49.4 Å². The molecule has 1 amide bonds. The molecule has 1 aliphatic heterocycles. The molecule has 0 spiro atoms. The third-order valence-electron chi connectivity index (χ3n) is 7.66. The Balaban J connectivity index is 0.00000387.